The van der Waals surface area contributed by atoms with Crippen molar-refractivity contribution in [2.24, 2.45) is 0 Å². The van der Waals surface area contributed by atoms with Crippen molar-refractivity contribution in [3.8, 4) is 5.75 Å². The number of aryl methyl sites for hydroxylation is 1. The van der Waals surface area contributed by atoms with Gasteiger partial charge in [0.05, 0.1) is 0 Å². The standard InChI is InChI=1S/C19H18N2O6/c1-26-10-27-14-6-5-12-8-11(2-4-13(12)9-14)3-7-15-16(18(23)24)20-19(25)21-17(15)22/h2,4-6,8-9H,3,7,10H2,1H3,(H,23,24)(H2,20,21,22,25). The Kier molecular flexibility index (Phi) is 5.37. The van der Waals surface area contributed by atoms with Crippen LogP contribution in [0.1, 0.15) is 21.6 Å². The zero-order valence-corrected chi connectivity index (χ0v) is 14.6. The molecule has 8 nitrogen and oxygen atoms in total. The molecular formula is C19H18N2O6. The van der Waals surface area contributed by atoms with E-state index in [1.165, 1.54) is 0 Å². The van der Waals surface area contributed by atoms with Crippen molar-refractivity contribution in [1.82, 2.24) is 9.97 Å². The number of aromatic carboxylic acids is 1. The van der Waals surface area contributed by atoms with Gasteiger partial charge in [-0.05, 0) is 41.3 Å². The Balaban J connectivity index is 1.83. The fourth-order valence-corrected chi connectivity index (χ4v) is 2.85. The number of rotatable bonds is 7. The molecule has 0 aliphatic rings. The van der Waals surface area contributed by atoms with Gasteiger partial charge in [-0.15, -0.1) is 0 Å². The van der Waals surface area contributed by atoms with E-state index in [1.807, 2.05) is 36.4 Å². The molecule has 0 unspecified atom stereocenters. The number of nitrogens with one attached hydrogen (secondary N) is 2. The molecule has 2 aromatic carbocycles. The summed E-state index contributed by atoms with van der Waals surface area (Å²) in [6.07, 6.45) is 0.640. The normalized spacial score (nSPS) is 10.9. The van der Waals surface area contributed by atoms with Gasteiger partial charge in [0.15, 0.2) is 6.79 Å². The Labute approximate surface area is 153 Å². The third-order valence-corrected chi connectivity index (χ3v) is 4.14. The molecule has 0 saturated heterocycles. The Morgan fingerprint density at radius 2 is 1.78 bits per heavy atom. The van der Waals surface area contributed by atoms with E-state index in [4.69, 9.17) is 9.47 Å². The van der Waals surface area contributed by atoms with Gasteiger partial charge in [0.2, 0.25) is 0 Å². The molecule has 0 aliphatic carbocycles. The molecule has 3 rings (SSSR count). The minimum atomic E-state index is -1.34. The third kappa shape index (κ3) is 4.24. The van der Waals surface area contributed by atoms with E-state index in [1.54, 1.807) is 7.11 Å². The van der Waals surface area contributed by atoms with Crippen LogP contribution in [0.4, 0.5) is 0 Å². The molecule has 0 amide bonds. The fraction of sp³-hybridized carbons (Fsp3) is 0.211. The van der Waals surface area contributed by atoms with Gasteiger partial charge in [-0.1, -0.05) is 24.3 Å². The topological polar surface area (TPSA) is 121 Å². The van der Waals surface area contributed by atoms with Crippen molar-refractivity contribution in [3.05, 3.63) is 74.1 Å². The number of carboxylic acid groups (broad SMARTS) is 1. The predicted octanol–water partition coefficient (Wildman–Crippen LogP) is 1.68. The molecule has 0 atom stereocenters. The number of hydrogen-bond donors (Lipinski definition) is 3. The van der Waals surface area contributed by atoms with E-state index in [2.05, 4.69) is 9.97 Å². The summed E-state index contributed by atoms with van der Waals surface area (Å²) in [6, 6.07) is 11.4. The lowest BCUT2D eigenvalue weighted by Crippen LogP contribution is -2.30. The molecule has 0 bridgehead atoms. The Bertz CT molecular complexity index is 1100. The van der Waals surface area contributed by atoms with Crippen molar-refractivity contribution >= 4 is 16.7 Å². The average molecular weight is 370 g/mol. The molecule has 0 radical (unpaired) electrons. The van der Waals surface area contributed by atoms with E-state index >= 15 is 0 Å². The lowest BCUT2D eigenvalue weighted by molar-refractivity contribution is 0.0512. The summed E-state index contributed by atoms with van der Waals surface area (Å²) < 4.78 is 10.3. The Morgan fingerprint density at radius 1 is 1.04 bits per heavy atom. The van der Waals surface area contributed by atoms with E-state index in [-0.39, 0.29) is 24.5 Å². The molecule has 1 heterocycles. The second-order valence-corrected chi connectivity index (χ2v) is 5.96. The monoisotopic (exact) mass is 370 g/mol. The third-order valence-electron chi connectivity index (χ3n) is 4.14. The first kappa shape index (κ1) is 18.4. The Hall–Kier alpha value is -3.39. The largest absolute Gasteiger partial charge is 0.477 e. The van der Waals surface area contributed by atoms with E-state index < -0.39 is 17.2 Å². The maximum Gasteiger partial charge on any atom is 0.352 e. The lowest BCUT2D eigenvalue weighted by atomic mass is 10.0. The molecule has 3 aromatic rings. The minimum Gasteiger partial charge on any atom is -0.477 e. The molecule has 8 heteroatoms. The van der Waals surface area contributed by atoms with E-state index in [9.17, 15) is 19.5 Å². The van der Waals surface area contributed by atoms with Gasteiger partial charge >= 0.3 is 11.7 Å². The van der Waals surface area contributed by atoms with Gasteiger partial charge in [0.1, 0.15) is 11.4 Å². The summed E-state index contributed by atoms with van der Waals surface area (Å²) in [6.45, 7) is 0.170. The van der Waals surface area contributed by atoms with Crippen LogP contribution in [0.2, 0.25) is 0 Å². The van der Waals surface area contributed by atoms with Crippen LogP contribution >= 0.6 is 0 Å². The molecule has 0 spiro atoms. The molecule has 140 valence electrons. The number of methoxy groups -OCH3 is 1. The number of aromatic nitrogens is 2. The van der Waals surface area contributed by atoms with Gasteiger partial charge in [-0.3, -0.25) is 9.78 Å². The van der Waals surface area contributed by atoms with E-state index in [0.29, 0.717) is 12.2 Å². The number of carboxylic acids is 1. The zero-order valence-electron chi connectivity index (χ0n) is 14.6. The van der Waals surface area contributed by atoms with Crippen LogP contribution in [0.5, 0.6) is 5.75 Å². The summed E-state index contributed by atoms with van der Waals surface area (Å²) in [7, 11) is 1.55. The van der Waals surface area contributed by atoms with Crippen molar-refractivity contribution in [3.63, 3.8) is 0 Å². The highest BCUT2D eigenvalue weighted by molar-refractivity contribution is 5.87. The molecule has 27 heavy (non-hydrogen) atoms. The van der Waals surface area contributed by atoms with E-state index in [0.717, 1.165) is 16.3 Å². The fourth-order valence-electron chi connectivity index (χ4n) is 2.85. The molecular weight excluding hydrogens is 352 g/mol. The highest BCUT2D eigenvalue weighted by Crippen LogP contribution is 2.22. The first-order valence-corrected chi connectivity index (χ1v) is 8.21. The zero-order chi connectivity index (χ0) is 19.4. The molecule has 1 aromatic heterocycles. The number of fused-ring (bicyclic) bond motifs is 1. The van der Waals surface area contributed by atoms with Crippen molar-refractivity contribution in [2.75, 3.05) is 13.9 Å². The van der Waals surface area contributed by atoms with Gasteiger partial charge in [-0.2, -0.15) is 0 Å². The van der Waals surface area contributed by atoms with Crippen LogP contribution in [0.15, 0.2) is 46.0 Å². The number of H-pyrrole nitrogens is 2. The van der Waals surface area contributed by atoms with Crippen molar-refractivity contribution < 1.29 is 19.4 Å². The first-order chi connectivity index (χ1) is 13.0. The molecule has 0 aliphatic heterocycles. The number of carbonyl (C=O) groups is 1. The summed E-state index contributed by atoms with van der Waals surface area (Å²) >= 11 is 0. The van der Waals surface area contributed by atoms with Crippen LogP contribution in [0.25, 0.3) is 10.8 Å². The van der Waals surface area contributed by atoms with Gasteiger partial charge in [-0.25, -0.2) is 9.59 Å². The SMILES string of the molecule is COCOc1ccc2cc(CCc3c(C(=O)O)[nH]c(=O)[nH]c3=O)ccc2c1. The minimum absolute atomic E-state index is 0.0468. The highest BCUT2D eigenvalue weighted by Gasteiger charge is 2.15. The van der Waals surface area contributed by atoms with Crippen LogP contribution in [-0.2, 0) is 17.6 Å². The second-order valence-electron chi connectivity index (χ2n) is 5.96. The summed E-state index contributed by atoms with van der Waals surface area (Å²) in [5, 5.41) is 11.2. The number of benzene rings is 2. The van der Waals surface area contributed by atoms with Crippen LogP contribution in [-0.4, -0.2) is 34.9 Å². The smallest absolute Gasteiger partial charge is 0.352 e. The number of aromatic amines is 2. The quantitative estimate of drug-likeness (QED) is 0.544. The summed E-state index contributed by atoms with van der Waals surface area (Å²) in [5.41, 5.74) is -0.903. The second kappa shape index (κ2) is 7.88. The molecule has 0 fully saturated rings. The average Bonchev–Trinajstić information content (AvgIpc) is 2.64. The maximum atomic E-state index is 12.0. The number of hydrogen-bond acceptors (Lipinski definition) is 5. The van der Waals surface area contributed by atoms with Gasteiger partial charge < -0.3 is 19.6 Å². The predicted molar refractivity (Wildman–Crippen MR) is 98.5 cm³/mol. The first-order valence-electron chi connectivity index (χ1n) is 8.21. The van der Waals surface area contributed by atoms with Crippen LogP contribution in [0.3, 0.4) is 0 Å². The Morgan fingerprint density at radius 3 is 2.52 bits per heavy atom. The van der Waals surface area contributed by atoms with Crippen LogP contribution < -0.4 is 16.0 Å². The van der Waals surface area contributed by atoms with Crippen molar-refractivity contribution in [2.45, 2.75) is 12.8 Å². The van der Waals surface area contributed by atoms with Crippen LogP contribution in [0, 0.1) is 0 Å². The molecule has 0 saturated carbocycles. The summed E-state index contributed by atoms with van der Waals surface area (Å²) in [4.78, 5) is 38.8. The highest BCUT2D eigenvalue weighted by atomic mass is 16.7. The molecule has 3 N–H and O–H groups in total. The van der Waals surface area contributed by atoms with Gasteiger partial charge in [0.25, 0.3) is 5.56 Å². The van der Waals surface area contributed by atoms with Gasteiger partial charge in [0, 0.05) is 12.7 Å². The van der Waals surface area contributed by atoms with Crippen molar-refractivity contribution in [1.29, 1.82) is 0 Å². The number of ether oxygens (including phenoxy) is 2. The lowest BCUT2D eigenvalue weighted by Gasteiger charge is -2.08. The summed E-state index contributed by atoms with van der Waals surface area (Å²) in [5.74, 6) is -0.640. The maximum absolute atomic E-state index is 12.0.